The first-order valence-corrected chi connectivity index (χ1v) is 7.99. The van der Waals surface area contributed by atoms with Gasteiger partial charge in [-0.1, -0.05) is 5.16 Å². The van der Waals surface area contributed by atoms with Crippen LogP contribution < -0.4 is 5.73 Å². The third-order valence-corrected chi connectivity index (χ3v) is 4.84. The lowest BCUT2D eigenvalue weighted by Crippen LogP contribution is -1.84. The van der Waals surface area contributed by atoms with Crippen molar-refractivity contribution in [1.29, 1.82) is 0 Å². The van der Waals surface area contributed by atoms with E-state index >= 15 is 0 Å². The number of nitrogens with zero attached hydrogens (tertiary/aromatic N) is 2. The molecule has 0 saturated heterocycles. The van der Waals surface area contributed by atoms with Gasteiger partial charge in [0.2, 0.25) is 0 Å². The van der Waals surface area contributed by atoms with Crippen LogP contribution in [0.3, 0.4) is 0 Å². The van der Waals surface area contributed by atoms with E-state index in [1.54, 1.807) is 12.1 Å². The Kier molecular flexibility index (Phi) is 3.94. The summed E-state index contributed by atoms with van der Waals surface area (Å²) in [6.07, 6.45) is 0. The first-order valence-electron chi connectivity index (χ1n) is 6.19. The molecule has 0 aliphatic rings. The molecule has 3 rings (SSSR count). The van der Waals surface area contributed by atoms with Gasteiger partial charge in [0.05, 0.1) is 15.6 Å². The van der Waals surface area contributed by atoms with E-state index in [1.165, 1.54) is 35.2 Å². The zero-order valence-electron chi connectivity index (χ0n) is 11.2. The largest absolute Gasteiger partial charge is 0.391 e. The van der Waals surface area contributed by atoms with Crippen molar-refractivity contribution in [2.75, 3.05) is 5.73 Å². The molecule has 0 spiro atoms. The van der Waals surface area contributed by atoms with Crippen molar-refractivity contribution in [3.05, 3.63) is 47.5 Å². The molecule has 7 heteroatoms. The minimum atomic E-state index is -0.244. The Morgan fingerprint density at radius 3 is 2.76 bits per heavy atom. The topological polar surface area (TPSA) is 64.9 Å². The van der Waals surface area contributed by atoms with E-state index in [4.69, 9.17) is 10.3 Å². The van der Waals surface area contributed by atoms with Crippen molar-refractivity contribution in [2.45, 2.75) is 17.6 Å². The number of hydrogen-bond acceptors (Lipinski definition) is 6. The Morgan fingerprint density at radius 1 is 1.33 bits per heavy atom. The number of aryl methyl sites for hydroxylation is 1. The quantitative estimate of drug-likeness (QED) is 0.732. The number of anilines is 1. The van der Waals surface area contributed by atoms with Crippen LogP contribution in [0.4, 0.5) is 9.39 Å². The molecule has 21 heavy (non-hydrogen) atoms. The SMILES string of the molecule is Cc1cc(N)sc1-c1nc(CSc2ccc(F)cc2)no1. The second-order valence-corrected chi connectivity index (χ2v) is 6.55. The zero-order valence-corrected chi connectivity index (χ0v) is 12.8. The molecule has 3 aromatic rings. The fraction of sp³-hybridized carbons (Fsp3) is 0.143. The number of benzene rings is 1. The van der Waals surface area contributed by atoms with Gasteiger partial charge in [0.1, 0.15) is 5.82 Å². The zero-order chi connectivity index (χ0) is 14.8. The average molecular weight is 321 g/mol. The van der Waals surface area contributed by atoms with Gasteiger partial charge in [-0.05, 0) is 42.8 Å². The van der Waals surface area contributed by atoms with Gasteiger partial charge in [0.15, 0.2) is 5.82 Å². The minimum absolute atomic E-state index is 0.244. The predicted molar refractivity (Wildman–Crippen MR) is 82.7 cm³/mol. The number of nitrogen functional groups attached to an aromatic ring is 1. The minimum Gasteiger partial charge on any atom is -0.391 e. The summed E-state index contributed by atoms with van der Waals surface area (Å²) >= 11 is 2.96. The summed E-state index contributed by atoms with van der Waals surface area (Å²) in [4.78, 5) is 6.23. The second kappa shape index (κ2) is 5.87. The number of aromatic nitrogens is 2. The van der Waals surface area contributed by atoms with Crippen LogP contribution in [-0.2, 0) is 5.75 Å². The van der Waals surface area contributed by atoms with E-state index < -0.39 is 0 Å². The maximum absolute atomic E-state index is 12.8. The smallest absolute Gasteiger partial charge is 0.268 e. The monoisotopic (exact) mass is 321 g/mol. The third-order valence-electron chi connectivity index (χ3n) is 2.78. The molecule has 0 bridgehead atoms. The number of thiophene rings is 1. The summed E-state index contributed by atoms with van der Waals surface area (Å²) in [5.74, 6) is 1.41. The molecule has 0 aliphatic carbocycles. The third kappa shape index (κ3) is 3.25. The van der Waals surface area contributed by atoms with E-state index in [1.807, 2.05) is 13.0 Å². The van der Waals surface area contributed by atoms with Gasteiger partial charge in [-0.25, -0.2) is 4.39 Å². The van der Waals surface area contributed by atoms with Gasteiger partial charge < -0.3 is 10.3 Å². The normalized spacial score (nSPS) is 11.0. The number of rotatable bonds is 4. The Bertz CT molecular complexity index is 752. The van der Waals surface area contributed by atoms with Crippen molar-refractivity contribution in [2.24, 2.45) is 0 Å². The Hall–Kier alpha value is -1.86. The van der Waals surface area contributed by atoms with Gasteiger partial charge in [-0.3, -0.25) is 0 Å². The maximum atomic E-state index is 12.8. The Morgan fingerprint density at radius 2 is 2.10 bits per heavy atom. The van der Waals surface area contributed by atoms with Crippen molar-refractivity contribution >= 4 is 28.1 Å². The number of thioether (sulfide) groups is 1. The fourth-order valence-electron chi connectivity index (χ4n) is 1.80. The lowest BCUT2D eigenvalue weighted by atomic mass is 10.3. The van der Waals surface area contributed by atoms with Crippen molar-refractivity contribution in [3.63, 3.8) is 0 Å². The molecular weight excluding hydrogens is 309 g/mol. The molecule has 0 amide bonds. The van der Waals surface area contributed by atoms with Gasteiger partial charge in [0.25, 0.3) is 5.89 Å². The van der Waals surface area contributed by atoms with Crippen LogP contribution in [0.2, 0.25) is 0 Å². The molecule has 4 nitrogen and oxygen atoms in total. The lowest BCUT2D eigenvalue weighted by Gasteiger charge is -1.97. The summed E-state index contributed by atoms with van der Waals surface area (Å²) in [5, 5.41) is 4.69. The molecule has 0 saturated carbocycles. The average Bonchev–Trinajstić information content (AvgIpc) is 3.04. The van der Waals surface area contributed by atoms with E-state index in [2.05, 4.69) is 10.1 Å². The lowest BCUT2D eigenvalue weighted by molar-refractivity contribution is 0.426. The van der Waals surface area contributed by atoms with Crippen LogP contribution in [0, 0.1) is 12.7 Å². The summed E-state index contributed by atoms with van der Waals surface area (Å²) < 4.78 is 18.1. The molecule has 0 aliphatic heterocycles. The summed E-state index contributed by atoms with van der Waals surface area (Å²) in [5.41, 5.74) is 6.79. The molecule has 2 heterocycles. The van der Waals surface area contributed by atoms with E-state index in [0.717, 1.165) is 20.3 Å². The molecule has 2 N–H and O–H groups in total. The number of hydrogen-bond donors (Lipinski definition) is 1. The van der Waals surface area contributed by atoms with Crippen LogP contribution in [0.1, 0.15) is 11.4 Å². The van der Waals surface area contributed by atoms with Crippen LogP contribution in [0.25, 0.3) is 10.8 Å². The standard InChI is InChI=1S/C14H12FN3OS2/c1-8-6-11(16)21-13(8)14-17-12(18-19-14)7-20-10-4-2-9(15)3-5-10/h2-6H,7,16H2,1H3. The highest BCUT2D eigenvalue weighted by molar-refractivity contribution is 7.98. The molecular formula is C14H12FN3OS2. The van der Waals surface area contributed by atoms with E-state index in [9.17, 15) is 4.39 Å². The highest BCUT2D eigenvalue weighted by Crippen LogP contribution is 2.33. The molecule has 0 atom stereocenters. The highest BCUT2D eigenvalue weighted by atomic mass is 32.2. The van der Waals surface area contributed by atoms with Gasteiger partial charge in [-0.2, -0.15) is 4.98 Å². The summed E-state index contributed by atoms with van der Waals surface area (Å²) in [6, 6.07) is 8.21. The fourth-order valence-corrected chi connectivity index (χ4v) is 3.41. The van der Waals surface area contributed by atoms with Crippen LogP contribution in [-0.4, -0.2) is 10.1 Å². The number of nitrogens with two attached hydrogens (primary N) is 1. The van der Waals surface area contributed by atoms with E-state index in [-0.39, 0.29) is 5.82 Å². The van der Waals surface area contributed by atoms with Gasteiger partial charge >= 0.3 is 0 Å². The van der Waals surface area contributed by atoms with Crippen LogP contribution in [0.5, 0.6) is 0 Å². The second-order valence-electron chi connectivity index (χ2n) is 4.42. The molecule has 1 aromatic carbocycles. The molecule has 2 aromatic heterocycles. The maximum Gasteiger partial charge on any atom is 0.268 e. The molecule has 0 radical (unpaired) electrons. The van der Waals surface area contributed by atoms with Crippen molar-refractivity contribution < 1.29 is 8.91 Å². The van der Waals surface area contributed by atoms with Crippen LogP contribution >= 0.6 is 23.1 Å². The van der Waals surface area contributed by atoms with Crippen molar-refractivity contribution in [3.8, 4) is 10.8 Å². The Labute approximate surface area is 129 Å². The molecule has 0 unspecified atom stereocenters. The van der Waals surface area contributed by atoms with Gasteiger partial charge in [-0.15, -0.1) is 23.1 Å². The van der Waals surface area contributed by atoms with E-state index in [0.29, 0.717) is 17.5 Å². The summed E-state index contributed by atoms with van der Waals surface area (Å²) in [7, 11) is 0. The first kappa shape index (κ1) is 14.1. The van der Waals surface area contributed by atoms with Gasteiger partial charge in [0, 0.05) is 4.90 Å². The number of halogens is 1. The predicted octanol–water partition coefficient (Wildman–Crippen LogP) is 4.12. The Balaban J connectivity index is 1.70. The highest BCUT2D eigenvalue weighted by Gasteiger charge is 2.14. The molecule has 0 fully saturated rings. The molecule has 108 valence electrons. The first-order chi connectivity index (χ1) is 10.1. The van der Waals surface area contributed by atoms with Crippen molar-refractivity contribution in [1.82, 2.24) is 10.1 Å². The van der Waals surface area contributed by atoms with Crippen LogP contribution in [0.15, 0.2) is 39.8 Å². The summed E-state index contributed by atoms with van der Waals surface area (Å²) in [6.45, 7) is 1.96.